The first kappa shape index (κ1) is 16.0. The summed E-state index contributed by atoms with van der Waals surface area (Å²) < 4.78 is 5.44. The molecule has 0 amide bonds. The van der Waals surface area contributed by atoms with Crippen molar-refractivity contribution in [2.45, 2.75) is 13.0 Å². The van der Waals surface area contributed by atoms with Gasteiger partial charge >= 0.3 is 0 Å². The zero-order chi connectivity index (χ0) is 16.8. The van der Waals surface area contributed by atoms with Crippen LogP contribution in [0.25, 0.3) is 23.4 Å². The van der Waals surface area contributed by atoms with E-state index in [-0.39, 0.29) is 0 Å². The maximum absolute atomic E-state index is 8.75. The molecule has 3 nitrogen and oxygen atoms in total. The number of aromatic nitrogens is 1. The van der Waals surface area contributed by atoms with Gasteiger partial charge in [0.2, 0.25) is 0 Å². The molecule has 118 valence electrons. The Labute approximate surface area is 145 Å². The van der Waals surface area contributed by atoms with Gasteiger partial charge in [0.05, 0.1) is 5.69 Å². The van der Waals surface area contributed by atoms with Crippen molar-refractivity contribution in [2.75, 3.05) is 0 Å². The molecule has 1 heterocycles. The number of thiazole rings is 1. The van der Waals surface area contributed by atoms with Gasteiger partial charge in [-0.05, 0) is 30.7 Å². The number of nitrogens with zero attached hydrogens (tertiary/aromatic N) is 2. The van der Waals surface area contributed by atoms with E-state index in [9.17, 15) is 0 Å². The summed E-state index contributed by atoms with van der Waals surface area (Å²) in [5, 5.41) is 11.8. The monoisotopic (exact) mass is 332 g/mol. The molecule has 3 aromatic rings. The topological polar surface area (TPSA) is 45.9 Å². The van der Waals surface area contributed by atoms with Crippen molar-refractivity contribution in [3.05, 3.63) is 70.5 Å². The van der Waals surface area contributed by atoms with E-state index in [1.54, 1.807) is 18.3 Å². The molecule has 1 atom stereocenters. The molecule has 2 aromatic carbocycles. The normalized spacial score (nSPS) is 12.0. The van der Waals surface area contributed by atoms with Gasteiger partial charge in [-0.2, -0.15) is 5.26 Å². The van der Waals surface area contributed by atoms with Crippen LogP contribution in [-0.2, 0) is 0 Å². The minimum absolute atomic E-state index is 0.446. The van der Waals surface area contributed by atoms with Gasteiger partial charge in [0, 0.05) is 10.9 Å². The quantitative estimate of drug-likeness (QED) is 0.639. The lowest BCUT2D eigenvalue weighted by atomic mass is 10.2. The largest absolute Gasteiger partial charge is 0.476 e. The molecule has 0 saturated carbocycles. The molecule has 0 N–H and O–H groups in total. The summed E-state index contributed by atoms with van der Waals surface area (Å²) in [4.78, 5) is 4.63. The third-order valence-corrected chi connectivity index (χ3v) is 4.19. The van der Waals surface area contributed by atoms with Crippen LogP contribution in [-0.4, -0.2) is 11.1 Å². The number of ether oxygens (including phenoxy) is 1. The molecule has 24 heavy (non-hydrogen) atoms. The lowest BCUT2D eigenvalue weighted by Crippen LogP contribution is -2.07. The van der Waals surface area contributed by atoms with E-state index >= 15 is 0 Å². The van der Waals surface area contributed by atoms with Crippen molar-refractivity contribution < 1.29 is 4.74 Å². The van der Waals surface area contributed by atoms with Gasteiger partial charge in [0.1, 0.15) is 16.8 Å². The second kappa shape index (κ2) is 7.58. The van der Waals surface area contributed by atoms with Crippen molar-refractivity contribution in [3.63, 3.8) is 0 Å². The van der Waals surface area contributed by atoms with E-state index in [1.165, 1.54) is 0 Å². The van der Waals surface area contributed by atoms with Crippen molar-refractivity contribution in [2.24, 2.45) is 0 Å². The minimum Gasteiger partial charge on any atom is -0.476 e. The summed E-state index contributed by atoms with van der Waals surface area (Å²) in [5.74, 6) is 0.696. The third kappa shape index (κ3) is 4.09. The number of hydrogen-bond donors (Lipinski definition) is 0. The molecule has 0 aliphatic carbocycles. The molecule has 3 rings (SSSR count). The average Bonchev–Trinajstić information content (AvgIpc) is 3.11. The molecule has 4 heteroatoms. The highest BCUT2D eigenvalue weighted by Crippen LogP contribution is 2.23. The molecule has 0 aliphatic rings. The van der Waals surface area contributed by atoms with E-state index in [0.717, 1.165) is 21.8 Å². The second-order valence-corrected chi connectivity index (χ2v) is 6.12. The Kier molecular flexibility index (Phi) is 5.05. The van der Waals surface area contributed by atoms with Gasteiger partial charge in [0.15, 0.2) is 6.10 Å². The van der Waals surface area contributed by atoms with Crippen LogP contribution in [0.5, 0.6) is 5.75 Å². The number of rotatable bonds is 5. The van der Waals surface area contributed by atoms with Crippen LogP contribution >= 0.6 is 11.3 Å². The third-order valence-electron chi connectivity index (χ3n) is 3.38. The van der Waals surface area contributed by atoms with Crippen LogP contribution in [0.2, 0.25) is 0 Å². The minimum atomic E-state index is -0.446. The van der Waals surface area contributed by atoms with Gasteiger partial charge in [0.25, 0.3) is 0 Å². The van der Waals surface area contributed by atoms with Crippen LogP contribution in [0.3, 0.4) is 0 Å². The lowest BCUT2D eigenvalue weighted by molar-refractivity contribution is 0.276. The average molecular weight is 332 g/mol. The van der Waals surface area contributed by atoms with Gasteiger partial charge in [-0.1, -0.05) is 48.5 Å². The fourth-order valence-corrected chi connectivity index (χ4v) is 2.88. The zero-order valence-corrected chi connectivity index (χ0v) is 14.0. The Morgan fingerprint density at radius 3 is 2.54 bits per heavy atom. The lowest BCUT2D eigenvalue weighted by Gasteiger charge is -2.07. The summed E-state index contributed by atoms with van der Waals surface area (Å²) in [6.45, 7) is 1.72. The molecule has 1 aromatic heterocycles. The van der Waals surface area contributed by atoms with Crippen molar-refractivity contribution >= 4 is 23.5 Å². The molecule has 0 bridgehead atoms. The molecule has 0 fully saturated rings. The van der Waals surface area contributed by atoms with Crippen LogP contribution in [0.1, 0.15) is 17.5 Å². The van der Waals surface area contributed by atoms with E-state index in [2.05, 4.69) is 22.5 Å². The SMILES string of the molecule is CC(C#N)Oc1ccc(/C=C/c2nc(-c3ccccc3)cs2)cc1. The van der Waals surface area contributed by atoms with Gasteiger partial charge in [-0.15, -0.1) is 11.3 Å². The van der Waals surface area contributed by atoms with Crippen LogP contribution in [0.15, 0.2) is 60.0 Å². The Bertz CT molecular complexity index is 861. The van der Waals surface area contributed by atoms with Crippen molar-refractivity contribution in [1.82, 2.24) is 4.98 Å². The summed E-state index contributed by atoms with van der Waals surface area (Å²) in [6, 6.07) is 19.8. The predicted octanol–water partition coefficient (Wildman–Crippen LogP) is 5.27. The van der Waals surface area contributed by atoms with Gasteiger partial charge in [-0.25, -0.2) is 4.98 Å². The zero-order valence-electron chi connectivity index (χ0n) is 13.2. The van der Waals surface area contributed by atoms with E-state index in [0.29, 0.717) is 5.75 Å². The van der Waals surface area contributed by atoms with Crippen molar-refractivity contribution in [3.8, 4) is 23.1 Å². The Morgan fingerprint density at radius 2 is 1.83 bits per heavy atom. The predicted molar refractivity (Wildman–Crippen MR) is 98.6 cm³/mol. The molecular weight excluding hydrogens is 316 g/mol. The molecule has 0 spiro atoms. The first-order valence-electron chi connectivity index (χ1n) is 7.60. The number of benzene rings is 2. The fraction of sp³-hybridized carbons (Fsp3) is 0.100. The van der Waals surface area contributed by atoms with Crippen LogP contribution in [0, 0.1) is 11.3 Å². The number of hydrogen-bond acceptors (Lipinski definition) is 4. The first-order valence-corrected chi connectivity index (χ1v) is 8.48. The van der Waals surface area contributed by atoms with E-state index < -0.39 is 6.10 Å². The molecule has 0 aliphatic heterocycles. The second-order valence-electron chi connectivity index (χ2n) is 5.23. The number of nitriles is 1. The van der Waals surface area contributed by atoms with E-state index in [4.69, 9.17) is 10.00 Å². The Balaban J connectivity index is 1.68. The first-order chi connectivity index (χ1) is 11.7. The summed E-state index contributed by atoms with van der Waals surface area (Å²) in [6.07, 6.45) is 3.58. The molecule has 0 radical (unpaired) electrons. The Hall–Kier alpha value is -2.90. The summed E-state index contributed by atoms with van der Waals surface area (Å²) >= 11 is 1.62. The maximum atomic E-state index is 8.75. The Morgan fingerprint density at radius 1 is 1.08 bits per heavy atom. The van der Waals surface area contributed by atoms with E-state index in [1.807, 2.05) is 60.7 Å². The highest BCUT2D eigenvalue weighted by Gasteiger charge is 2.02. The van der Waals surface area contributed by atoms with Crippen molar-refractivity contribution in [1.29, 1.82) is 5.26 Å². The van der Waals surface area contributed by atoms with Gasteiger partial charge < -0.3 is 4.74 Å². The smallest absolute Gasteiger partial charge is 0.181 e. The van der Waals surface area contributed by atoms with Crippen LogP contribution in [0.4, 0.5) is 0 Å². The standard InChI is InChI=1S/C20H16N2OS/c1-15(13-21)23-18-10-7-16(8-11-18)9-12-20-22-19(14-24-20)17-5-3-2-4-6-17/h2-12,14-15H,1H3/b12-9+. The molecule has 0 saturated heterocycles. The highest BCUT2D eigenvalue weighted by atomic mass is 32.1. The summed E-state index contributed by atoms with van der Waals surface area (Å²) in [7, 11) is 0. The summed E-state index contributed by atoms with van der Waals surface area (Å²) in [5.41, 5.74) is 3.18. The molecule has 1 unspecified atom stereocenters. The maximum Gasteiger partial charge on any atom is 0.181 e. The van der Waals surface area contributed by atoms with Crippen LogP contribution < -0.4 is 4.74 Å². The fourth-order valence-electron chi connectivity index (χ4n) is 2.16. The molecular formula is C20H16N2OS. The van der Waals surface area contributed by atoms with Gasteiger partial charge in [-0.3, -0.25) is 0 Å². The highest BCUT2D eigenvalue weighted by molar-refractivity contribution is 7.10.